The molecule has 0 bridgehead atoms. The number of allylic oxidation sites excluding steroid dienone is 1. The van der Waals surface area contributed by atoms with Gasteiger partial charge in [0, 0.05) is 29.8 Å². The highest BCUT2D eigenvalue weighted by molar-refractivity contribution is 7.09. The standard InChI is InChI=1S/C23H24N2O2S/c1-2-3-6-23-24-14-21(12-20(17-27)13-22-5-4-11-28-22)25(23)15-18-7-9-19(16-26)10-8-18/h4-5,7-12,14,16-17H,2-3,6,13,15H2,1H3/b20-12+/i16D,17D. The van der Waals surface area contributed by atoms with E-state index >= 15 is 0 Å². The number of nitrogens with zero attached hydrogens (tertiary/aromatic N) is 2. The van der Waals surface area contributed by atoms with Crippen LogP contribution in [0, 0.1) is 0 Å². The van der Waals surface area contributed by atoms with Gasteiger partial charge in [0.05, 0.1) is 11.9 Å². The second kappa shape index (κ2) is 9.95. The maximum absolute atomic E-state index is 11.9. The van der Waals surface area contributed by atoms with Crippen LogP contribution in [-0.4, -0.2) is 22.1 Å². The van der Waals surface area contributed by atoms with Crippen LogP contribution in [0.4, 0.5) is 0 Å². The third-order valence-electron chi connectivity index (χ3n) is 4.53. The molecular formula is C23H24N2O2S. The van der Waals surface area contributed by atoms with E-state index in [1.165, 1.54) is 0 Å². The van der Waals surface area contributed by atoms with Crippen LogP contribution in [0.5, 0.6) is 0 Å². The summed E-state index contributed by atoms with van der Waals surface area (Å²) in [6.45, 7) is 2.67. The summed E-state index contributed by atoms with van der Waals surface area (Å²) in [5.74, 6) is 0.927. The normalized spacial score (nSPS) is 12.5. The molecule has 0 saturated carbocycles. The van der Waals surface area contributed by atoms with Crippen LogP contribution >= 0.6 is 11.3 Å². The fraction of sp³-hybridized carbons (Fsp3) is 0.261. The lowest BCUT2D eigenvalue weighted by Crippen LogP contribution is -2.08. The molecule has 28 heavy (non-hydrogen) atoms. The van der Waals surface area contributed by atoms with Gasteiger partial charge in [-0.1, -0.05) is 43.7 Å². The number of benzene rings is 1. The van der Waals surface area contributed by atoms with Crippen LogP contribution in [0.15, 0.2) is 53.5 Å². The first-order valence-corrected chi connectivity index (χ1v) is 10.2. The van der Waals surface area contributed by atoms with Crippen LogP contribution in [0.1, 0.15) is 54.8 Å². The Morgan fingerprint density at radius 3 is 2.71 bits per heavy atom. The Bertz CT molecular complexity index is 1040. The van der Waals surface area contributed by atoms with Gasteiger partial charge in [0.25, 0.3) is 0 Å². The molecule has 0 N–H and O–H groups in total. The van der Waals surface area contributed by atoms with E-state index < -0.39 is 12.5 Å². The molecule has 2 heterocycles. The Hall–Kier alpha value is -2.79. The molecular weight excluding hydrogens is 368 g/mol. The van der Waals surface area contributed by atoms with Crippen LogP contribution in [0.3, 0.4) is 0 Å². The second-order valence-electron chi connectivity index (χ2n) is 6.62. The number of imidazole rings is 1. The first-order valence-electron chi connectivity index (χ1n) is 10.4. The Labute approximate surface area is 172 Å². The summed E-state index contributed by atoms with van der Waals surface area (Å²) < 4.78 is 17.0. The topological polar surface area (TPSA) is 52.0 Å². The molecule has 0 aliphatic rings. The molecule has 0 aliphatic heterocycles. The number of aromatic nitrogens is 2. The molecule has 3 aromatic rings. The molecule has 4 nitrogen and oxygen atoms in total. The first-order chi connectivity index (χ1) is 14.5. The van der Waals surface area contributed by atoms with E-state index in [4.69, 9.17) is 2.74 Å². The van der Waals surface area contributed by atoms with Crippen molar-refractivity contribution in [3.63, 3.8) is 0 Å². The molecule has 5 heteroatoms. The summed E-state index contributed by atoms with van der Waals surface area (Å²) in [6, 6.07) is 10.9. The SMILES string of the molecule is [2H]C(=O)/C(=C/c1cnc(CCCC)n1Cc1ccc(C([2H])=O)cc1)Cc1cccs1. The summed E-state index contributed by atoms with van der Waals surface area (Å²) in [5.41, 5.74) is 2.54. The number of carbonyl (C=O) groups excluding carboxylic acids is 2. The zero-order chi connectivity index (χ0) is 21.5. The summed E-state index contributed by atoms with van der Waals surface area (Å²) >= 11 is 1.56. The molecule has 144 valence electrons. The van der Waals surface area contributed by atoms with Gasteiger partial charge in [-0.15, -0.1) is 11.3 Å². The average molecular weight is 395 g/mol. The molecule has 0 radical (unpaired) electrons. The van der Waals surface area contributed by atoms with Crippen molar-refractivity contribution in [3.8, 4) is 0 Å². The maximum Gasteiger partial charge on any atom is 0.150 e. The van der Waals surface area contributed by atoms with Crippen molar-refractivity contribution in [1.82, 2.24) is 9.55 Å². The Morgan fingerprint density at radius 2 is 2.07 bits per heavy atom. The number of thiophene rings is 1. The predicted molar refractivity (Wildman–Crippen MR) is 114 cm³/mol. The van der Waals surface area contributed by atoms with Crippen molar-refractivity contribution in [2.75, 3.05) is 0 Å². The quantitative estimate of drug-likeness (QED) is 0.360. The smallest absolute Gasteiger partial charge is 0.150 e. The maximum atomic E-state index is 11.9. The molecule has 0 aliphatic carbocycles. The lowest BCUT2D eigenvalue weighted by atomic mass is 10.1. The number of aryl methyl sites for hydroxylation is 1. The van der Waals surface area contributed by atoms with Crippen LogP contribution in [0.2, 0.25) is 0 Å². The monoisotopic (exact) mass is 394 g/mol. The van der Waals surface area contributed by atoms with E-state index in [1.807, 2.05) is 29.6 Å². The van der Waals surface area contributed by atoms with Crippen molar-refractivity contribution < 1.29 is 12.3 Å². The van der Waals surface area contributed by atoms with Gasteiger partial charge < -0.3 is 4.57 Å². The van der Waals surface area contributed by atoms with Crippen molar-refractivity contribution in [2.45, 2.75) is 39.2 Å². The van der Waals surface area contributed by atoms with Gasteiger partial charge in [0.2, 0.25) is 0 Å². The summed E-state index contributed by atoms with van der Waals surface area (Å²) in [5, 5.41) is 1.96. The van der Waals surface area contributed by atoms with Crippen LogP contribution < -0.4 is 0 Å². The molecule has 0 amide bonds. The van der Waals surface area contributed by atoms with E-state index in [0.717, 1.165) is 41.2 Å². The van der Waals surface area contributed by atoms with Crippen molar-refractivity contribution >= 4 is 29.9 Å². The summed E-state index contributed by atoms with van der Waals surface area (Å²) in [6.07, 6.45) is 5.43. The molecule has 0 saturated heterocycles. The van der Waals surface area contributed by atoms with Gasteiger partial charge in [0.15, 0.2) is 0 Å². The van der Waals surface area contributed by atoms with Crippen LogP contribution in [-0.2, 0) is 24.2 Å². The number of aldehydes is 2. The Balaban J connectivity index is 1.94. The number of hydrogen-bond acceptors (Lipinski definition) is 4. The van der Waals surface area contributed by atoms with E-state index in [1.54, 1.807) is 35.7 Å². The largest absolute Gasteiger partial charge is 0.324 e. The highest BCUT2D eigenvalue weighted by Crippen LogP contribution is 2.19. The molecule has 1 aromatic carbocycles. The highest BCUT2D eigenvalue weighted by atomic mass is 32.1. The number of hydrogen-bond donors (Lipinski definition) is 0. The zero-order valence-corrected chi connectivity index (χ0v) is 16.7. The zero-order valence-electron chi connectivity index (χ0n) is 17.9. The fourth-order valence-electron chi connectivity index (χ4n) is 3.02. The van der Waals surface area contributed by atoms with Gasteiger partial charge in [0.1, 0.15) is 21.1 Å². The van der Waals surface area contributed by atoms with Crippen LogP contribution in [0.25, 0.3) is 6.08 Å². The lowest BCUT2D eigenvalue weighted by Gasteiger charge is -2.11. The van der Waals surface area contributed by atoms with Gasteiger partial charge in [-0.05, 0) is 35.1 Å². The number of carbonyl (C=O) groups is 2. The minimum atomic E-state index is -0.705. The minimum Gasteiger partial charge on any atom is -0.324 e. The van der Waals surface area contributed by atoms with E-state index in [2.05, 4.69) is 16.5 Å². The minimum absolute atomic E-state index is 0.355. The van der Waals surface area contributed by atoms with E-state index in [9.17, 15) is 9.59 Å². The van der Waals surface area contributed by atoms with Crippen molar-refractivity contribution in [1.29, 1.82) is 0 Å². The first kappa shape index (κ1) is 17.3. The van der Waals surface area contributed by atoms with E-state index in [0.29, 0.717) is 24.1 Å². The lowest BCUT2D eigenvalue weighted by molar-refractivity contribution is -0.104. The number of rotatable bonds is 10. The number of unbranched alkanes of at least 4 members (excludes halogenated alkanes) is 1. The highest BCUT2D eigenvalue weighted by Gasteiger charge is 2.11. The van der Waals surface area contributed by atoms with Gasteiger partial charge in [-0.2, -0.15) is 0 Å². The molecule has 2 aromatic heterocycles. The molecule has 0 unspecified atom stereocenters. The molecule has 0 fully saturated rings. The van der Waals surface area contributed by atoms with Gasteiger partial charge >= 0.3 is 0 Å². The third kappa shape index (κ3) is 5.14. The van der Waals surface area contributed by atoms with Gasteiger partial charge in [-0.25, -0.2) is 4.98 Å². The summed E-state index contributed by atoms with van der Waals surface area (Å²) in [4.78, 5) is 28.8. The second-order valence-corrected chi connectivity index (χ2v) is 7.65. The average Bonchev–Trinajstić information content (AvgIpc) is 3.37. The fourth-order valence-corrected chi connectivity index (χ4v) is 3.75. The Kier molecular flexibility index (Phi) is 6.15. The summed E-state index contributed by atoms with van der Waals surface area (Å²) in [7, 11) is 0. The van der Waals surface area contributed by atoms with E-state index in [-0.39, 0.29) is 0 Å². The Morgan fingerprint density at radius 1 is 1.25 bits per heavy atom. The van der Waals surface area contributed by atoms with Gasteiger partial charge in [-0.3, -0.25) is 9.59 Å². The van der Waals surface area contributed by atoms with Crippen molar-refractivity contribution in [2.24, 2.45) is 0 Å². The third-order valence-corrected chi connectivity index (χ3v) is 5.41. The molecule has 3 rings (SSSR count). The predicted octanol–water partition coefficient (Wildman–Crippen LogP) is 4.97. The van der Waals surface area contributed by atoms with Crippen molar-refractivity contribution in [3.05, 3.63) is 81.1 Å². The molecule has 0 atom stereocenters. The molecule has 0 spiro atoms.